The van der Waals surface area contributed by atoms with Crippen LogP contribution in [0.25, 0.3) is 16.7 Å². The minimum atomic E-state index is -0.318. The third kappa shape index (κ3) is 17.4. The number of phenolic OH excluding ortho intramolecular Hbond substituents is 1. The third-order valence-corrected chi connectivity index (χ3v) is 11.4. The minimum Gasteiger partial charge on any atom is -0.505 e. The van der Waals surface area contributed by atoms with Crippen LogP contribution >= 0.6 is 0 Å². The van der Waals surface area contributed by atoms with Crippen molar-refractivity contribution in [2.24, 2.45) is 0 Å². The highest BCUT2D eigenvalue weighted by molar-refractivity contribution is 5.74. The fourth-order valence-electron chi connectivity index (χ4n) is 7.96. The van der Waals surface area contributed by atoms with Crippen LogP contribution in [0.2, 0.25) is 0 Å². The fraction of sp³-hybridized carbons (Fsp3) is 0.673. The molecule has 3 aromatic rings. The number of ether oxygens (including phenoxy) is 2. The first kappa shape index (κ1) is 46.0. The molecule has 57 heavy (non-hydrogen) atoms. The number of rotatable bonds is 21. The smallest absolute Gasteiger partial charge is 0.306 e. The summed E-state index contributed by atoms with van der Waals surface area (Å²) in [5.41, 5.74) is 3.43. The van der Waals surface area contributed by atoms with E-state index in [1.165, 1.54) is 75.4 Å². The largest absolute Gasteiger partial charge is 0.505 e. The Morgan fingerprint density at radius 2 is 1.19 bits per heavy atom. The lowest BCUT2D eigenvalue weighted by molar-refractivity contribution is -0.150. The molecule has 316 valence electrons. The summed E-state index contributed by atoms with van der Waals surface area (Å²) >= 11 is 0. The number of carbonyl (C=O) groups is 2. The SMILES string of the molecule is CCCCCCC/C=C\CCCCCCCCC(=O)OC1CCCCCC(OC(=O)CCc2cc(-n3nc4ccccc4n3)c(O)c(C(C)(C)C)c2)CCCCC1. The predicted molar refractivity (Wildman–Crippen MR) is 233 cm³/mol. The molecule has 0 saturated heterocycles. The Balaban J connectivity index is 1.12. The molecule has 1 fully saturated rings. The van der Waals surface area contributed by atoms with Gasteiger partial charge in [0.25, 0.3) is 0 Å². The molecule has 0 radical (unpaired) electrons. The summed E-state index contributed by atoms with van der Waals surface area (Å²) in [7, 11) is 0. The second-order valence-corrected chi connectivity index (χ2v) is 17.6. The maximum absolute atomic E-state index is 13.2. The Morgan fingerprint density at radius 1 is 0.702 bits per heavy atom. The fourth-order valence-corrected chi connectivity index (χ4v) is 7.96. The molecular formula is C49H75N3O5. The number of fused-ring (bicyclic) bond motifs is 1. The van der Waals surface area contributed by atoms with Gasteiger partial charge in [0.2, 0.25) is 0 Å². The van der Waals surface area contributed by atoms with Gasteiger partial charge < -0.3 is 14.6 Å². The highest BCUT2D eigenvalue weighted by atomic mass is 16.5. The molecule has 1 aromatic heterocycles. The van der Waals surface area contributed by atoms with Crippen LogP contribution in [0, 0.1) is 0 Å². The zero-order valence-electron chi connectivity index (χ0n) is 36.1. The molecule has 8 heteroatoms. The van der Waals surface area contributed by atoms with Crippen LogP contribution in [0.5, 0.6) is 5.75 Å². The van der Waals surface area contributed by atoms with Crippen LogP contribution < -0.4 is 0 Å². The number of esters is 2. The molecule has 1 aliphatic carbocycles. The first-order chi connectivity index (χ1) is 27.6. The van der Waals surface area contributed by atoms with Gasteiger partial charge in [-0.05, 0) is 119 Å². The molecule has 4 rings (SSSR count). The Kier molecular flexibility index (Phi) is 20.7. The van der Waals surface area contributed by atoms with Crippen molar-refractivity contribution in [1.29, 1.82) is 0 Å². The number of benzene rings is 2. The van der Waals surface area contributed by atoms with Crippen LogP contribution in [0.15, 0.2) is 48.6 Å². The molecule has 0 spiro atoms. The van der Waals surface area contributed by atoms with Crippen molar-refractivity contribution in [3.8, 4) is 11.4 Å². The lowest BCUT2D eigenvalue weighted by atomic mass is 9.84. The molecule has 2 aromatic carbocycles. The van der Waals surface area contributed by atoms with Crippen LogP contribution in [-0.2, 0) is 30.9 Å². The van der Waals surface area contributed by atoms with Crippen LogP contribution in [0.3, 0.4) is 0 Å². The standard InChI is InChI=1S/C49H75N3O5/c1-5-6-7-8-9-10-11-12-13-14-15-16-17-18-25-34-46(53)56-40-28-21-19-23-30-41(31-24-20-22-29-40)57-47(54)36-35-39-37-42(49(2,3)4)48(55)45(38-39)52-50-43-32-26-27-33-44(43)51-52/h11-12,26-27,32-33,37-38,40-41,55H,5-10,13-25,28-31,34-36H2,1-4H3/b12-11-. The van der Waals surface area contributed by atoms with Gasteiger partial charge in [0.15, 0.2) is 0 Å². The van der Waals surface area contributed by atoms with Gasteiger partial charge in [0.05, 0.1) is 0 Å². The van der Waals surface area contributed by atoms with Crippen molar-refractivity contribution in [3.63, 3.8) is 0 Å². The van der Waals surface area contributed by atoms with Crippen molar-refractivity contribution in [3.05, 3.63) is 59.7 Å². The van der Waals surface area contributed by atoms with Gasteiger partial charge in [-0.2, -0.15) is 0 Å². The Bertz CT molecular complexity index is 1590. The molecule has 0 aliphatic heterocycles. The first-order valence-corrected chi connectivity index (χ1v) is 22.9. The van der Waals surface area contributed by atoms with Crippen molar-refractivity contribution in [1.82, 2.24) is 15.0 Å². The normalized spacial score (nSPS) is 17.3. The topological polar surface area (TPSA) is 104 Å². The molecule has 0 unspecified atom stereocenters. The van der Waals surface area contributed by atoms with Gasteiger partial charge in [-0.1, -0.05) is 122 Å². The van der Waals surface area contributed by atoms with Gasteiger partial charge in [0.1, 0.15) is 34.7 Å². The van der Waals surface area contributed by atoms with E-state index in [4.69, 9.17) is 9.47 Å². The molecule has 1 aliphatic rings. The van der Waals surface area contributed by atoms with E-state index >= 15 is 0 Å². The van der Waals surface area contributed by atoms with Gasteiger partial charge in [-0.25, -0.2) is 0 Å². The number of aryl methyl sites for hydroxylation is 1. The van der Waals surface area contributed by atoms with E-state index in [1.807, 2.05) is 36.4 Å². The van der Waals surface area contributed by atoms with E-state index in [1.54, 1.807) is 0 Å². The maximum atomic E-state index is 13.2. The Hall–Kier alpha value is -3.68. The lowest BCUT2D eigenvalue weighted by Gasteiger charge is -2.23. The number of nitrogens with zero attached hydrogens (tertiary/aromatic N) is 3. The zero-order chi connectivity index (χ0) is 40.7. The quantitative estimate of drug-likeness (QED) is 0.0651. The van der Waals surface area contributed by atoms with E-state index < -0.39 is 0 Å². The summed E-state index contributed by atoms with van der Waals surface area (Å²) in [5, 5.41) is 20.5. The number of unbranched alkanes of at least 4 members (excludes halogenated alkanes) is 11. The highest BCUT2D eigenvalue weighted by Crippen LogP contribution is 2.36. The Morgan fingerprint density at radius 3 is 1.72 bits per heavy atom. The summed E-state index contributed by atoms with van der Waals surface area (Å²) in [5.74, 6) is -0.0511. The molecular weight excluding hydrogens is 711 g/mol. The number of hydrogen-bond donors (Lipinski definition) is 1. The summed E-state index contributed by atoms with van der Waals surface area (Å²) in [6.07, 6.45) is 31.9. The summed E-state index contributed by atoms with van der Waals surface area (Å²) in [6, 6.07) is 11.5. The average Bonchev–Trinajstić information content (AvgIpc) is 3.61. The van der Waals surface area contributed by atoms with E-state index in [0.29, 0.717) is 18.5 Å². The molecule has 1 heterocycles. The second kappa shape index (κ2) is 25.6. The highest BCUT2D eigenvalue weighted by Gasteiger charge is 2.24. The number of aromatic hydroxyl groups is 1. The number of hydrogen-bond acceptors (Lipinski definition) is 7. The number of allylic oxidation sites excluding steroid dienone is 2. The van der Waals surface area contributed by atoms with Crippen molar-refractivity contribution < 1.29 is 24.2 Å². The van der Waals surface area contributed by atoms with Crippen molar-refractivity contribution in [2.45, 2.75) is 212 Å². The van der Waals surface area contributed by atoms with Crippen molar-refractivity contribution >= 4 is 23.0 Å². The van der Waals surface area contributed by atoms with Gasteiger partial charge in [0, 0.05) is 18.4 Å². The summed E-state index contributed by atoms with van der Waals surface area (Å²) < 4.78 is 12.1. The molecule has 8 nitrogen and oxygen atoms in total. The number of aromatic nitrogens is 3. The monoisotopic (exact) mass is 786 g/mol. The van der Waals surface area contributed by atoms with Crippen molar-refractivity contribution in [2.75, 3.05) is 0 Å². The summed E-state index contributed by atoms with van der Waals surface area (Å²) in [6.45, 7) is 8.46. The van der Waals surface area contributed by atoms with Gasteiger partial charge >= 0.3 is 11.9 Å². The average molecular weight is 786 g/mol. The van der Waals surface area contributed by atoms with E-state index in [2.05, 4.69) is 50.0 Å². The molecule has 0 atom stereocenters. The first-order valence-electron chi connectivity index (χ1n) is 22.9. The van der Waals surface area contributed by atoms with E-state index in [9.17, 15) is 14.7 Å². The maximum Gasteiger partial charge on any atom is 0.306 e. The minimum absolute atomic E-state index is 0.0244. The molecule has 0 amide bonds. The zero-order valence-corrected chi connectivity index (χ0v) is 36.1. The predicted octanol–water partition coefficient (Wildman–Crippen LogP) is 13.1. The number of carbonyl (C=O) groups excluding carboxylic acids is 2. The Labute approximate surface area is 344 Å². The lowest BCUT2D eigenvalue weighted by Crippen LogP contribution is -2.21. The van der Waals surface area contributed by atoms with E-state index in [-0.39, 0.29) is 41.7 Å². The number of phenols is 1. The van der Waals surface area contributed by atoms with Crippen LogP contribution in [0.1, 0.15) is 199 Å². The summed E-state index contributed by atoms with van der Waals surface area (Å²) in [4.78, 5) is 27.4. The second-order valence-electron chi connectivity index (χ2n) is 17.6. The van der Waals surface area contributed by atoms with Gasteiger partial charge in [-0.15, -0.1) is 15.0 Å². The van der Waals surface area contributed by atoms with Gasteiger partial charge in [-0.3, -0.25) is 9.59 Å². The molecule has 1 N–H and O–H groups in total. The molecule has 0 bridgehead atoms. The molecule has 1 saturated carbocycles. The van der Waals surface area contributed by atoms with Crippen LogP contribution in [0.4, 0.5) is 0 Å². The third-order valence-electron chi connectivity index (χ3n) is 11.4. The van der Waals surface area contributed by atoms with E-state index in [0.717, 1.165) is 99.2 Å². The van der Waals surface area contributed by atoms with Crippen LogP contribution in [-0.4, -0.2) is 44.2 Å².